The van der Waals surface area contributed by atoms with Crippen molar-refractivity contribution >= 4 is 12.8 Å². The summed E-state index contributed by atoms with van der Waals surface area (Å²) >= 11 is 0. The van der Waals surface area contributed by atoms with E-state index in [9.17, 15) is 9.59 Å². The standard InChI is InChI=1S/C14H26O3/c15-12-10-8-6-4-2-1-3-5-7-9-11-13-17-14-16/h12,14H,1-11,13H2. The van der Waals surface area contributed by atoms with Crippen LogP contribution in [0.1, 0.15) is 70.6 Å². The first-order valence-electron chi connectivity index (χ1n) is 6.90. The molecule has 0 heterocycles. The van der Waals surface area contributed by atoms with E-state index in [2.05, 4.69) is 4.74 Å². The first-order chi connectivity index (χ1) is 8.41. The van der Waals surface area contributed by atoms with Crippen LogP contribution in [0, 0.1) is 0 Å². The fraction of sp³-hybridized carbons (Fsp3) is 0.857. The Morgan fingerprint density at radius 3 is 1.59 bits per heavy atom. The van der Waals surface area contributed by atoms with Crippen LogP contribution < -0.4 is 0 Å². The molecule has 0 rings (SSSR count). The number of ether oxygens (including phenoxy) is 1. The van der Waals surface area contributed by atoms with Crippen LogP contribution in [-0.4, -0.2) is 19.4 Å². The molecule has 100 valence electrons. The molecule has 3 nitrogen and oxygen atoms in total. The van der Waals surface area contributed by atoms with Crippen LogP contribution in [0.25, 0.3) is 0 Å². The first-order valence-corrected chi connectivity index (χ1v) is 6.90. The Hall–Kier alpha value is -0.860. The average Bonchev–Trinajstić information content (AvgIpc) is 2.35. The lowest BCUT2D eigenvalue weighted by Gasteiger charge is -2.02. The number of carbonyl (C=O) groups is 2. The van der Waals surface area contributed by atoms with Gasteiger partial charge in [-0.15, -0.1) is 0 Å². The zero-order chi connectivity index (χ0) is 12.6. The second-order valence-electron chi connectivity index (χ2n) is 4.46. The van der Waals surface area contributed by atoms with E-state index in [1.807, 2.05) is 0 Å². The van der Waals surface area contributed by atoms with Crippen LogP contribution >= 0.6 is 0 Å². The number of unbranched alkanes of at least 4 members (excludes halogenated alkanes) is 10. The second-order valence-corrected chi connectivity index (χ2v) is 4.46. The molecule has 0 aromatic heterocycles. The highest BCUT2D eigenvalue weighted by Gasteiger charge is 1.93. The molecular weight excluding hydrogens is 216 g/mol. The van der Waals surface area contributed by atoms with Crippen molar-refractivity contribution < 1.29 is 14.3 Å². The second kappa shape index (κ2) is 15.1. The van der Waals surface area contributed by atoms with E-state index >= 15 is 0 Å². The van der Waals surface area contributed by atoms with Crippen molar-refractivity contribution in [3.05, 3.63) is 0 Å². The van der Waals surface area contributed by atoms with Gasteiger partial charge in [0, 0.05) is 6.42 Å². The average molecular weight is 242 g/mol. The van der Waals surface area contributed by atoms with E-state index in [4.69, 9.17) is 0 Å². The van der Waals surface area contributed by atoms with Gasteiger partial charge in [0.25, 0.3) is 6.47 Å². The topological polar surface area (TPSA) is 43.4 Å². The number of carbonyl (C=O) groups excluding carboxylic acids is 2. The molecule has 3 heteroatoms. The van der Waals surface area contributed by atoms with E-state index in [0.717, 1.165) is 32.0 Å². The van der Waals surface area contributed by atoms with Crippen LogP contribution in [0.2, 0.25) is 0 Å². The van der Waals surface area contributed by atoms with Crippen LogP contribution in [0.5, 0.6) is 0 Å². The van der Waals surface area contributed by atoms with E-state index < -0.39 is 0 Å². The van der Waals surface area contributed by atoms with Crippen molar-refractivity contribution in [1.29, 1.82) is 0 Å². The molecule has 0 aliphatic carbocycles. The van der Waals surface area contributed by atoms with Crippen LogP contribution in [0.3, 0.4) is 0 Å². The van der Waals surface area contributed by atoms with E-state index in [1.165, 1.54) is 44.9 Å². The van der Waals surface area contributed by atoms with Crippen molar-refractivity contribution in [2.75, 3.05) is 6.61 Å². The number of hydrogen-bond acceptors (Lipinski definition) is 3. The molecule has 0 atom stereocenters. The maximum atomic E-state index is 10.1. The summed E-state index contributed by atoms with van der Waals surface area (Å²) in [6.07, 6.45) is 13.8. The normalized spacial score (nSPS) is 10.1. The van der Waals surface area contributed by atoms with Gasteiger partial charge in [0.15, 0.2) is 0 Å². The van der Waals surface area contributed by atoms with Crippen LogP contribution in [0.4, 0.5) is 0 Å². The third-order valence-corrected chi connectivity index (χ3v) is 2.90. The molecule has 0 unspecified atom stereocenters. The summed E-state index contributed by atoms with van der Waals surface area (Å²) in [6, 6.07) is 0. The Balaban J connectivity index is 2.89. The lowest BCUT2D eigenvalue weighted by Crippen LogP contribution is -1.91. The number of hydrogen-bond donors (Lipinski definition) is 0. The lowest BCUT2D eigenvalue weighted by molar-refractivity contribution is -0.128. The van der Waals surface area contributed by atoms with Crippen molar-refractivity contribution in [1.82, 2.24) is 0 Å². The summed E-state index contributed by atoms with van der Waals surface area (Å²) in [7, 11) is 0. The maximum Gasteiger partial charge on any atom is 0.293 e. The molecule has 0 radical (unpaired) electrons. The monoisotopic (exact) mass is 242 g/mol. The zero-order valence-electron chi connectivity index (χ0n) is 10.9. The molecule has 0 saturated heterocycles. The largest absolute Gasteiger partial charge is 0.468 e. The van der Waals surface area contributed by atoms with Gasteiger partial charge in [-0.1, -0.05) is 51.4 Å². The fourth-order valence-electron chi connectivity index (χ4n) is 1.88. The Morgan fingerprint density at radius 1 is 0.647 bits per heavy atom. The molecule has 0 saturated carbocycles. The van der Waals surface area contributed by atoms with Crippen LogP contribution in [0.15, 0.2) is 0 Å². The molecule has 0 aliphatic heterocycles. The highest BCUT2D eigenvalue weighted by Crippen LogP contribution is 2.10. The van der Waals surface area contributed by atoms with E-state index in [1.54, 1.807) is 0 Å². The molecule has 17 heavy (non-hydrogen) atoms. The SMILES string of the molecule is O=CCCCCCCCCCCCCOC=O. The predicted molar refractivity (Wildman–Crippen MR) is 68.9 cm³/mol. The molecule has 0 aromatic rings. The summed E-state index contributed by atoms with van der Waals surface area (Å²) in [5.74, 6) is 0. The summed E-state index contributed by atoms with van der Waals surface area (Å²) < 4.78 is 4.62. The summed E-state index contributed by atoms with van der Waals surface area (Å²) in [4.78, 5) is 19.9. The van der Waals surface area contributed by atoms with E-state index in [-0.39, 0.29) is 0 Å². The fourth-order valence-corrected chi connectivity index (χ4v) is 1.88. The van der Waals surface area contributed by atoms with Gasteiger partial charge >= 0.3 is 0 Å². The minimum Gasteiger partial charge on any atom is -0.468 e. The zero-order valence-corrected chi connectivity index (χ0v) is 10.9. The molecule has 0 bridgehead atoms. The van der Waals surface area contributed by atoms with Gasteiger partial charge in [0.1, 0.15) is 6.29 Å². The smallest absolute Gasteiger partial charge is 0.293 e. The van der Waals surface area contributed by atoms with Crippen molar-refractivity contribution in [2.24, 2.45) is 0 Å². The minimum atomic E-state index is 0.518. The Labute approximate surface area is 105 Å². The summed E-state index contributed by atoms with van der Waals surface area (Å²) in [5.41, 5.74) is 0. The Bertz CT molecular complexity index is 151. The van der Waals surface area contributed by atoms with Gasteiger partial charge in [0.2, 0.25) is 0 Å². The minimum absolute atomic E-state index is 0.518. The molecule has 0 fully saturated rings. The maximum absolute atomic E-state index is 10.1. The summed E-state index contributed by atoms with van der Waals surface area (Å²) in [5, 5.41) is 0. The van der Waals surface area contributed by atoms with Crippen molar-refractivity contribution in [3.8, 4) is 0 Å². The predicted octanol–water partition coefficient (Wildman–Crippen LogP) is 3.65. The molecular formula is C14H26O3. The molecule has 0 spiro atoms. The molecule has 0 amide bonds. The van der Waals surface area contributed by atoms with E-state index in [0.29, 0.717) is 13.1 Å². The lowest BCUT2D eigenvalue weighted by atomic mass is 10.1. The van der Waals surface area contributed by atoms with Gasteiger partial charge < -0.3 is 9.53 Å². The highest BCUT2D eigenvalue weighted by atomic mass is 16.5. The van der Waals surface area contributed by atoms with Gasteiger partial charge in [-0.3, -0.25) is 4.79 Å². The molecule has 0 N–H and O–H groups in total. The van der Waals surface area contributed by atoms with Crippen LogP contribution in [-0.2, 0) is 14.3 Å². The quantitative estimate of drug-likeness (QED) is 0.345. The van der Waals surface area contributed by atoms with Gasteiger partial charge in [0.05, 0.1) is 6.61 Å². The third kappa shape index (κ3) is 15.1. The molecule has 0 aromatic carbocycles. The molecule has 0 aliphatic rings. The number of aldehydes is 1. The van der Waals surface area contributed by atoms with Gasteiger partial charge in [-0.05, 0) is 12.8 Å². The van der Waals surface area contributed by atoms with Gasteiger partial charge in [-0.2, -0.15) is 0 Å². The Morgan fingerprint density at radius 2 is 1.12 bits per heavy atom. The first kappa shape index (κ1) is 16.1. The summed E-state index contributed by atoms with van der Waals surface area (Å²) in [6.45, 7) is 1.09. The van der Waals surface area contributed by atoms with Crippen molar-refractivity contribution in [3.63, 3.8) is 0 Å². The number of rotatable bonds is 14. The van der Waals surface area contributed by atoms with Gasteiger partial charge in [-0.25, -0.2) is 0 Å². The van der Waals surface area contributed by atoms with Crippen molar-refractivity contribution in [2.45, 2.75) is 70.6 Å². The Kier molecular flexibility index (Phi) is 14.4. The highest BCUT2D eigenvalue weighted by molar-refractivity contribution is 5.48. The third-order valence-electron chi connectivity index (χ3n) is 2.90.